The van der Waals surface area contributed by atoms with Crippen LogP contribution in [0.2, 0.25) is 0 Å². The largest absolute Gasteiger partial charge is 0.489 e. The number of fused-ring (bicyclic) bond motifs is 1. The molecule has 1 aromatic heterocycles. The van der Waals surface area contributed by atoms with Crippen LogP contribution < -0.4 is 4.74 Å². The van der Waals surface area contributed by atoms with Crippen LogP contribution in [0.1, 0.15) is 37.7 Å². The smallest absolute Gasteiger partial charge is 0.310 e. The number of halogens is 1. The van der Waals surface area contributed by atoms with E-state index in [-0.39, 0.29) is 12.4 Å². The molecular formula is C23H25IO4. The van der Waals surface area contributed by atoms with E-state index in [1.54, 1.807) is 6.92 Å². The quantitative estimate of drug-likeness (QED) is 0.289. The first-order valence-corrected chi connectivity index (χ1v) is 10.6. The molecule has 0 bridgehead atoms. The monoisotopic (exact) mass is 492 g/mol. The van der Waals surface area contributed by atoms with Crippen molar-refractivity contribution in [2.24, 2.45) is 5.92 Å². The molecule has 0 radical (unpaired) electrons. The Morgan fingerprint density at radius 2 is 1.96 bits per heavy atom. The Labute approximate surface area is 179 Å². The van der Waals surface area contributed by atoms with Gasteiger partial charge >= 0.3 is 5.97 Å². The van der Waals surface area contributed by atoms with Gasteiger partial charge in [0.15, 0.2) is 0 Å². The van der Waals surface area contributed by atoms with Crippen molar-refractivity contribution in [1.29, 1.82) is 0 Å². The van der Waals surface area contributed by atoms with Crippen molar-refractivity contribution in [1.82, 2.24) is 0 Å². The minimum absolute atomic E-state index is 0.209. The summed E-state index contributed by atoms with van der Waals surface area (Å²) in [6, 6.07) is 13.9. The highest BCUT2D eigenvalue weighted by atomic mass is 127. The van der Waals surface area contributed by atoms with E-state index in [9.17, 15) is 4.79 Å². The van der Waals surface area contributed by atoms with Gasteiger partial charge in [0.2, 0.25) is 0 Å². The number of carbonyl (C=O) groups excluding carboxylic acids is 1. The van der Waals surface area contributed by atoms with Gasteiger partial charge in [-0.05, 0) is 65.3 Å². The normalized spacial score (nSPS) is 11.2. The van der Waals surface area contributed by atoms with Crippen LogP contribution in [-0.2, 0) is 29.0 Å². The van der Waals surface area contributed by atoms with Crippen molar-refractivity contribution in [3.05, 3.63) is 62.9 Å². The molecule has 0 saturated carbocycles. The molecular weight excluding hydrogens is 467 g/mol. The lowest BCUT2D eigenvalue weighted by Gasteiger charge is -2.11. The van der Waals surface area contributed by atoms with Crippen LogP contribution in [0.3, 0.4) is 0 Å². The van der Waals surface area contributed by atoms with Crippen LogP contribution in [-0.4, -0.2) is 12.6 Å². The van der Waals surface area contributed by atoms with Crippen LogP contribution in [0.15, 0.2) is 46.9 Å². The lowest BCUT2D eigenvalue weighted by Crippen LogP contribution is -2.09. The average Bonchev–Trinajstić information content (AvgIpc) is 3.03. The van der Waals surface area contributed by atoms with Crippen molar-refractivity contribution in [2.45, 2.75) is 40.2 Å². The first kappa shape index (κ1) is 20.7. The Bertz CT molecular complexity index is 958. The number of carbonyl (C=O) groups is 1. The van der Waals surface area contributed by atoms with Gasteiger partial charge < -0.3 is 13.9 Å². The minimum atomic E-state index is -0.245. The SMILES string of the molecule is CCOC(=O)Cc1ccccc1OCc1cc(I)c2oc(CC(C)C)cc2c1. The lowest BCUT2D eigenvalue weighted by molar-refractivity contribution is -0.142. The van der Waals surface area contributed by atoms with Gasteiger partial charge in [0.25, 0.3) is 0 Å². The van der Waals surface area contributed by atoms with E-state index in [2.05, 4.69) is 54.6 Å². The fraction of sp³-hybridized carbons (Fsp3) is 0.348. The van der Waals surface area contributed by atoms with Crippen LogP contribution in [0, 0.1) is 9.49 Å². The number of ether oxygens (including phenoxy) is 2. The molecule has 4 nitrogen and oxygen atoms in total. The van der Waals surface area contributed by atoms with Gasteiger partial charge in [0, 0.05) is 17.4 Å². The van der Waals surface area contributed by atoms with Crippen LogP contribution in [0.4, 0.5) is 0 Å². The molecule has 0 amide bonds. The average molecular weight is 492 g/mol. The molecule has 0 fully saturated rings. The summed E-state index contributed by atoms with van der Waals surface area (Å²) < 4.78 is 18.2. The summed E-state index contributed by atoms with van der Waals surface area (Å²) in [5.41, 5.74) is 2.83. The number of rotatable bonds is 8. The summed E-state index contributed by atoms with van der Waals surface area (Å²) in [7, 11) is 0. The molecule has 148 valence electrons. The van der Waals surface area contributed by atoms with Crippen LogP contribution in [0.25, 0.3) is 11.0 Å². The molecule has 0 aliphatic heterocycles. The summed E-state index contributed by atoms with van der Waals surface area (Å²) in [5.74, 6) is 2.03. The number of hydrogen-bond acceptors (Lipinski definition) is 4. The summed E-state index contributed by atoms with van der Waals surface area (Å²) in [4.78, 5) is 11.8. The van der Waals surface area contributed by atoms with Crippen molar-refractivity contribution < 1.29 is 18.7 Å². The molecule has 3 aromatic rings. The molecule has 0 aliphatic rings. The second-order valence-corrected chi connectivity index (χ2v) is 8.35. The molecule has 1 heterocycles. The van der Waals surface area contributed by atoms with E-state index in [1.165, 1.54) is 0 Å². The third kappa shape index (κ3) is 5.28. The Kier molecular flexibility index (Phi) is 6.99. The maximum Gasteiger partial charge on any atom is 0.310 e. The van der Waals surface area contributed by atoms with Gasteiger partial charge in [-0.1, -0.05) is 32.0 Å². The van der Waals surface area contributed by atoms with E-state index in [4.69, 9.17) is 13.9 Å². The first-order valence-electron chi connectivity index (χ1n) is 9.53. The summed E-state index contributed by atoms with van der Waals surface area (Å²) >= 11 is 2.31. The third-order valence-electron chi connectivity index (χ3n) is 4.30. The zero-order valence-corrected chi connectivity index (χ0v) is 18.6. The maximum absolute atomic E-state index is 11.8. The first-order chi connectivity index (χ1) is 13.5. The zero-order valence-electron chi connectivity index (χ0n) is 16.5. The van der Waals surface area contributed by atoms with Crippen molar-refractivity contribution in [3.63, 3.8) is 0 Å². The fourth-order valence-electron chi connectivity index (χ4n) is 3.13. The Balaban J connectivity index is 1.76. The van der Waals surface area contributed by atoms with Crippen molar-refractivity contribution >= 4 is 39.5 Å². The zero-order chi connectivity index (χ0) is 20.1. The molecule has 28 heavy (non-hydrogen) atoms. The molecule has 0 aliphatic carbocycles. The number of furan rings is 1. The minimum Gasteiger partial charge on any atom is -0.489 e. The summed E-state index contributed by atoms with van der Waals surface area (Å²) in [6.45, 7) is 6.98. The Morgan fingerprint density at radius 3 is 2.71 bits per heavy atom. The second kappa shape index (κ2) is 9.45. The van der Waals surface area contributed by atoms with Gasteiger partial charge in [-0.3, -0.25) is 4.79 Å². The Morgan fingerprint density at radius 1 is 1.18 bits per heavy atom. The van der Waals surface area contributed by atoms with E-state index < -0.39 is 0 Å². The van der Waals surface area contributed by atoms with E-state index in [0.717, 1.165) is 37.8 Å². The van der Waals surface area contributed by atoms with Gasteiger partial charge in [0.1, 0.15) is 23.7 Å². The standard InChI is InChI=1S/C23H25IO4/c1-4-26-22(25)13-17-7-5-6-8-21(17)27-14-16-10-18-12-19(9-15(2)3)28-23(18)20(24)11-16/h5-8,10-12,15H,4,9,13-14H2,1-3H3. The highest BCUT2D eigenvalue weighted by molar-refractivity contribution is 14.1. The number of benzene rings is 2. The lowest BCUT2D eigenvalue weighted by atomic mass is 10.1. The molecule has 0 atom stereocenters. The van der Waals surface area contributed by atoms with E-state index >= 15 is 0 Å². The summed E-state index contributed by atoms with van der Waals surface area (Å²) in [6.07, 6.45) is 1.14. The van der Waals surface area contributed by atoms with Gasteiger partial charge in [-0.25, -0.2) is 0 Å². The number of esters is 1. The second-order valence-electron chi connectivity index (χ2n) is 7.18. The highest BCUT2D eigenvalue weighted by Gasteiger charge is 2.12. The number of para-hydroxylation sites is 1. The molecule has 0 saturated heterocycles. The van der Waals surface area contributed by atoms with Gasteiger partial charge in [-0.2, -0.15) is 0 Å². The maximum atomic E-state index is 11.8. The van der Waals surface area contributed by atoms with Gasteiger partial charge in [0.05, 0.1) is 16.6 Å². The van der Waals surface area contributed by atoms with Crippen molar-refractivity contribution in [2.75, 3.05) is 6.61 Å². The van der Waals surface area contributed by atoms with Crippen LogP contribution >= 0.6 is 22.6 Å². The molecule has 5 heteroatoms. The predicted molar refractivity (Wildman–Crippen MR) is 119 cm³/mol. The van der Waals surface area contributed by atoms with Crippen LogP contribution in [0.5, 0.6) is 5.75 Å². The van der Waals surface area contributed by atoms with E-state index in [0.29, 0.717) is 24.9 Å². The predicted octanol–water partition coefficient (Wildman–Crippen LogP) is 5.92. The van der Waals surface area contributed by atoms with Crippen molar-refractivity contribution in [3.8, 4) is 5.75 Å². The van der Waals surface area contributed by atoms with E-state index in [1.807, 2.05) is 24.3 Å². The highest BCUT2D eigenvalue weighted by Crippen LogP contribution is 2.28. The fourth-order valence-corrected chi connectivity index (χ4v) is 3.95. The molecule has 2 aromatic carbocycles. The molecule has 0 spiro atoms. The third-order valence-corrected chi connectivity index (χ3v) is 5.10. The topological polar surface area (TPSA) is 48.7 Å². The summed E-state index contributed by atoms with van der Waals surface area (Å²) in [5, 5.41) is 1.10. The molecule has 0 N–H and O–H groups in total. The molecule has 0 unspecified atom stereocenters. The Hall–Kier alpha value is -2.02. The molecule has 3 rings (SSSR count). The van der Waals surface area contributed by atoms with Gasteiger partial charge in [-0.15, -0.1) is 0 Å². The number of hydrogen-bond donors (Lipinski definition) is 0.